The van der Waals surface area contributed by atoms with Gasteiger partial charge in [-0.05, 0) is 0 Å². The van der Waals surface area contributed by atoms with E-state index in [4.69, 9.17) is 9.52 Å². The van der Waals surface area contributed by atoms with E-state index in [0.29, 0.717) is 25.0 Å². The van der Waals surface area contributed by atoms with E-state index < -0.39 is 5.97 Å². The van der Waals surface area contributed by atoms with E-state index in [1.54, 1.807) is 11.8 Å². The summed E-state index contributed by atoms with van der Waals surface area (Å²) in [4.78, 5) is 12.2. The average molecular weight is 183 g/mol. The Morgan fingerprint density at radius 1 is 1.62 bits per heavy atom. The number of hydrogen-bond donors (Lipinski definition) is 1. The third-order valence-electron chi connectivity index (χ3n) is 2.02. The van der Waals surface area contributed by atoms with Gasteiger partial charge >= 0.3 is 12.0 Å². The van der Waals surface area contributed by atoms with Crippen LogP contribution in [-0.4, -0.2) is 34.4 Å². The molecule has 2 rings (SSSR count). The van der Waals surface area contributed by atoms with Crippen LogP contribution >= 0.6 is 0 Å². The lowest BCUT2D eigenvalue weighted by Crippen LogP contribution is -2.50. The molecule has 13 heavy (non-hydrogen) atoms. The van der Waals surface area contributed by atoms with Crippen molar-refractivity contribution in [3.63, 3.8) is 0 Å². The van der Waals surface area contributed by atoms with Crippen LogP contribution in [0.3, 0.4) is 0 Å². The minimum absolute atomic E-state index is 0.299. The number of aliphatic carboxylic acids is 1. The molecule has 0 bridgehead atoms. The molecule has 0 aromatic carbocycles. The molecule has 6 nitrogen and oxygen atoms in total. The second-order valence-corrected chi connectivity index (χ2v) is 3.04. The van der Waals surface area contributed by atoms with Gasteiger partial charge in [-0.15, -0.1) is 5.10 Å². The van der Waals surface area contributed by atoms with Crippen molar-refractivity contribution in [2.24, 2.45) is 5.92 Å². The van der Waals surface area contributed by atoms with Crippen molar-refractivity contribution < 1.29 is 14.3 Å². The number of carbonyl (C=O) groups is 1. The van der Waals surface area contributed by atoms with Gasteiger partial charge in [-0.25, -0.2) is 0 Å². The predicted octanol–water partition coefficient (Wildman–Crippen LogP) is -0.101. The van der Waals surface area contributed by atoms with Crippen molar-refractivity contribution >= 4 is 12.0 Å². The van der Waals surface area contributed by atoms with E-state index in [1.165, 1.54) is 0 Å². The molecule has 70 valence electrons. The van der Waals surface area contributed by atoms with Crippen LogP contribution in [-0.2, 0) is 4.79 Å². The maximum absolute atomic E-state index is 10.5. The largest absolute Gasteiger partial charge is 0.481 e. The maximum atomic E-state index is 10.5. The molecule has 6 heteroatoms. The second kappa shape index (κ2) is 2.72. The molecule has 0 radical (unpaired) electrons. The zero-order valence-electron chi connectivity index (χ0n) is 7.10. The molecule has 1 aliphatic heterocycles. The molecule has 0 amide bonds. The van der Waals surface area contributed by atoms with Gasteiger partial charge in [-0.3, -0.25) is 4.79 Å². The van der Waals surface area contributed by atoms with Gasteiger partial charge in [0.1, 0.15) is 0 Å². The molecule has 1 fully saturated rings. The highest BCUT2D eigenvalue weighted by Gasteiger charge is 2.35. The van der Waals surface area contributed by atoms with Gasteiger partial charge < -0.3 is 14.4 Å². The molecule has 0 atom stereocenters. The van der Waals surface area contributed by atoms with Gasteiger partial charge in [0.2, 0.25) is 5.89 Å². The van der Waals surface area contributed by atoms with Crippen molar-refractivity contribution in [3.8, 4) is 0 Å². The van der Waals surface area contributed by atoms with E-state index in [2.05, 4.69) is 10.2 Å². The van der Waals surface area contributed by atoms with Gasteiger partial charge in [0.25, 0.3) is 0 Å². The van der Waals surface area contributed by atoms with E-state index in [9.17, 15) is 4.79 Å². The second-order valence-electron chi connectivity index (χ2n) is 3.04. The molecule has 0 aliphatic carbocycles. The summed E-state index contributed by atoms with van der Waals surface area (Å²) >= 11 is 0. The molecule has 0 unspecified atom stereocenters. The molecule has 1 saturated heterocycles. The third kappa shape index (κ3) is 1.34. The normalized spacial score (nSPS) is 17.2. The van der Waals surface area contributed by atoms with Crippen molar-refractivity contribution in [1.29, 1.82) is 0 Å². The van der Waals surface area contributed by atoms with Crippen LogP contribution in [0.4, 0.5) is 6.01 Å². The van der Waals surface area contributed by atoms with Crippen molar-refractivity contribution in [1.82, 2.24) is 10.2 Å². The van der Waals surface area contributed by atoms with Crippen LogP contribution in [0.2, 0.25) is 0 Å². The Bertz CT molecular complexity index is 329. The third-order valence-corrected chi connectivity index (χ3v) is 2.02. The summed E-state index contributed by atoms with van der Waals surface area (Å²) in [5.74, 6) is -0.575. The molecule has 2 heterocycles. The fourth-order valence-electron chi connectivity index (χ4n) is 1.20. The minimum Gasteiger partial charge on any atom is -0.481 e. The van der Waals surface area contributed by atoms with Crippen molar-refractivity contribution in [3.05, 3.63) is 5.89 Å². The molecule has 1 aromatic heterocycles. The summed E-state index contributed by atoms with van der Waals surface area (Å²) in [5.41, 5.74) is 0. The highest BCUT2D eigenvalue weighted by Crippen LogP contribution is 2.22. The Morgan fingerprint density at radius 3 is 2.77 bits per heavy atom. The zero-order chi connectivity index (χ0) is 9.42. The quantitative estimate of drug-likeness (QED) is 0.689. The molecular weight excluding hydrogens is 174 g/mol. The number of aromatic nitrogens is 2. The lowest BCUT2D eigenvalue weighted by molar-refractivity contribution is -0.142. The summed E-state index contributed by atoms with van der Waals surface area (Å²) in [6, 6.07) is 0.412. The van der Waals surface area contributed by atoms with Crippen LogP contribution in [0.5, 0.6) is 0 Å². The number of nitrogens with zero attached hydrogens (tertiary/aromatic N) is 3. The van der Waals surface area contributed by atoms with E-state index in [0.717, 1.165) is 0 Å². The first-order valence-corrected chi connectivity index (χ1v) is 3.94. The zero-order valence-corrected chi connectivity index (χ0v) is 7.10. The van der Waals surface area contributed by atoms with Crippen LogP contribution in [0, 0.1) is 12.8 Å². The Hall–Kier alpha value is -1.59. The number of carboxylic acid groups (broad SMARTS) is 1. The number of anilines is 1. The molecule has 0 spiro atoms. The highest BCUT2D eigenvalue weighted by atomic mass is 16.4. The summed E-state index contributed by atoms with van der Waals surface area (Å²) < 4.78 is 5.13. The summed E-state index contributed by atoms with van der Waals surface area (Å²) in [5, 5.41) is 16.0. The number of hydrogen-bond acceptors (Lipinski definition) is 5. The number of aryl methyl sites for hydroxylation is 1. The van der Waals surface area contributed by atoms with E-state index in [1.807, 2.05) is 0 Å². The lowest BCUT2D eigenvalue weighted by Gasteiger charge is -2.34. The Labute approximate surface area is 74.2 Å². The van der Waals surface area contributed by atoms with Crippen LogP contribution < -0.4 is 4.90 Å². The highest BCUT2D eigenvalue weighted by molar-refractivity contribution is 5.73. The van der Waals surface area contributed by atoms with Gasteiger partial charge in [0, 0.05) is 20.0 Å². The summed E-state index contributed by atoms with van der Waals surface area (Å²) in [7, 11) is 0. The molecule has 1 N–H and O–H groups in total. The van der Waals surface area contributed by atoms with Crippen molar-refractivity contribution in [2.75, 3.05) is 18.0 Å². The van der Waals surface area contributed by atoms with Gasteiger partial charge in [-0.2, -0.15) is 0 Å². The number of rotatable bonds is 2. The monoisotopic (exact) mass is 183 g/mol. The van der Waals surface area contributed by atoms with Crippen molar-refractivity contribution in [2.45, 2.75) is 6.92 Å². The molecule has 1 aliphatic rings. The fraction of sp³-hybridized carbons (Fsp3) is 0.571. The molecule has 1 aromatic rings. The van der Waals surface area contributed by atoms with Gasteiger partial charge in [0.05, 0.1) is 5.92 Å². The van der Waals surface area contributed by atoms with Crippen LogP contribution in [0.1, 0.15) is 5.89 Å². The Balaban J connectivity index is 1.97. The first kappa shape index (κ1) is 8.03. The number of carboxylic acids is 1. The Morgan fingerprint density at radius 2 is 2.31 bits per heavy atom. The first-order valence-electron chi connectivity index (χ1n) is 3.94. The first-order chi connectivity index (χ1) is 6.16. The smallest absolute Gasteiger partial charge is 0.318 e. The molecular formula is C7H9N3O3. The van der Waals surface area contributed by atoms with E-state index >= 15 is 0 Å². The van der Waals surface area contributed by atoms with Crippen LogP contribution in [0.15, 0.2) is 4.42 Å². The summed E-state index contributed by atoms with van der Waals surface area (Å²) in [6.07, 6.45) is 0. The van der Waals surface area contributed by atoms with Gasteiger partial charge in [0.15, 0.2) is 0 Å². The summed E-state index contributed by atoms with van der Waals surface area (Å²) in [6.45, 7) is 2.61. The topological polar surface area (TPSA) is 79.5 Å². The SMILES string of the molecule is Cc1nnc(N2CC(C(=O)O)C2)o1. The fourth-order valence-corrected chi connectivity index (χ4v) is 1.20. The Kier molecular flexibility index (Phi) is 1.68. The maximum Gasteiger partial charge on any atom is 0.318 e. The average Bonchev–Trinajstić information content (AvgIpc) is 2.31. The van der Waals surface area contributed by atoms with Gasteiger partial charge in [-0.1, -0.05) is 5.10 Å². The predicted molar refractivity (Wildman–Crippen MR) is 42.4 cm³/mol. The van der Waals surface area contributed by atoms with Crippen LogP contribution in [0.25, 0.3) is 0 Å². The molecule has 0 saturated carbocycles. The van der Waals surface area contributed by atoms with E-state index in [-0.39, 0.29) is 5.92 Å². The standard InChI is InChI=1S/C7H9N3O3/c1-4-8-9-7(13-4)10-2-5(3-10)6(11)12/h5H,2-3H2,1H3,(H,11,12). The lowest BCUT2D eigenvalue weighted by atomic mass is 10.0. The minimum atomic E-state index is -0.771.